The zero-order valence-electron chi connectivity index (χ0n) is 6.76. The van der Waals surface area contributed by atoms with E-state index in [1.54, 1.807) is 0 Å². The van der Waals surface area contributed by atoms with Gasteiger partial charge in [0.25, 0.3) is 0 Å². The number of carboxylic acids is 1. The second kappa shape index (κ2) is 3.41. The Kier molecular flexibility index (Phi) is 3.32. The van der Waals surface area contributed by atoms with Crippen molar-refractivity contribution >= 4 is 18.4 Å². The lowest BCUT2D eigenvalue weighted by atomic mass is 10.0. The molecule has 1 unspecified atom stereocenters. The Morgan fingerprint density at radius 3 is 2.36 bits per heavy atom. The molecule has 0 spiro atoms. The third kappa shape index (κ3) is 2.67. The summed E-state index contributed by atoms with van der Waals surface area (Å²) >= 11 is 0. The van der Waals surface area contributed by atoms with E-state index < -0.39 is 5.97 Å². The van der Waals surface area contributed by atoms with E-state index in [0.29, 0.717) is 0 Å². The Morgan fingerprint density at radius 1 is 1.64 bits per heavy atom. The van der Waals surface area contributed by atoms with Crippen LogP contribution in [0.5, 0.6) is 0 Å². The molecule has 1 aliphatic heterocycles. The van der Waals surface area contributed by atoms with Gasteiger partial charge in [-0.05, 0) is 26.7 Å². The summed E-state index contributed by atoms with van der Waals surface area (Å²) in [5, 5.41) is 11.6. The third-order valence-corrected chi connectivity index (χ3v) is 1.92. The molecule has 3 nitrogen and oxygen atoms in total. The van der Waals surface area contributed by atoms with Crippen molar-refractivity contribution in [3.63, 3.8) is 0 Å². The molecule has 0 saturated carbocycles. The first kappa shape index (κ1) is 10.7. The van der Waals surface area contributed by atoms with Crippen molar-refractivity contribution < 1.29 is 9.90 Å². The Bertz CT molecular complexity index is 159. The third-order valence-electron chi connectivity index (χ3n) is 1.92. The molecule has 4 heteroatoms. The summed E-state index contributed by atoms with van der Waals surface area (Å²) < 4.78 is 0. The van der Waals surface area contributed by atoms with Crippen LogP contribution in [0.3, 0.4) is 0 Å². The van der Waals surface area contributed by atoms with Gasteiger partial charge in [0.05, 0.1) is 0 Å². The molecule has 0 aromatic heterocycles. The molecule has 1 aliphatic rings. The normalized spacial score (nSPS) is 27.6. The highest BCUT2D eigenvalue weighted by Crippen LogP contribution is 2.21. The van der Waals surface area contributed by atoms with E-state index in [-0.39, 0.29) is 24.0 Å². The molecule has 66 valence electrons. The zero-order chi connectivity index (χ0) is 7.78. The Hall–Kier alpha value is -0.280. The van der Waals surface area contributed by atoms with Crippen molar-refractivity contribution in [2.45, 2.75) is 38.3 Å². The average Bonchev–Trinajstić information content (AvgIpc) is 2.10. The van der Waals surface area contributed by atoms with E-state index in [1.165, 1.54) is 0 Å². The lowest BCUT2D eigenvalue weighted by Gasteiger charge is -2.17. The molecule has 0 bridgehead atoms. The molecule has 1 rings (SSSR count). The average molecular weight is 180 g/mol. The van der Waals surface area contributed by atoms with Crippen LogP contribution in [0.1, 0.15) is 26.7 Å². The first-order valence-corrected chi connectivity index (χ1v) is 3.52. The number of hydrogen-bond donors (Lipinski definition) is 2. The van der Waals surface area contributed by atoms with E-state index >= 15 is 0 Å². The lowest BCUT2D eigenvalue weighted by molar-refractivity contribution is -0.139. The van der Waals surface area contributed by atoms with Crippen LogP contribution >= 0.6 is 12.4 Å². The van der Waals surface area contributed by atoms with Crippen LogP contribution in [-0.4, -0.2) is 22.7 Å². The van der Waals surface area contributed by atoms with Gasteiger partial charge in [-0.3, -0.25) is 10.1 Å². The summed E-state index contributed by atoms with van der Waals surface area (Å²) in [4.78, 5) is 10.4. The fraction of sp³-hybridized carbons (Fsp3) is 0.857. The van der Waals surface area contributed by atoms with Gasteiger partial charge in [0.15, 0.2) is 0 Å². The minimum atomic E-state index is -0.731. The van der Waals surface area contributed by atoms with Gasteiger partial charge in [-0.15, -0.1) is 12.4 Å². The standard InChI is InChI=1S/C7H13NO2.ClH/c1-7(2)4-3-5(8-7)6(9)10;/h5,8H,3-4H2,1-2H3,(H,9,10);1H. The van der Waals surface area contributed by atoms with Gasteiger partial charge >= 0.3 is 5.97 Å². The second-order valence-electron chi connectivity index (χ2n) is 3.46. The molecule has 0 amide bonds. The fourth-order valence-corrected chi connectivity index (χ4v) is 1.31. The maximum absolute atomic E-state index is 10.4. The van der Waals surface area contributed by atoms with Gasteiger partial charge in [0, 0.05) is 5.54 Å². The summed E-state index contributed by atoms with van der Waals surface area (Å²) in [6.07, 6.45) is 1.70. The second-order valence-corrected chi connectivity index (χ2v) is 3.46. The number of aliphatic carboxylic acids is 1. The molecule has 0 radical (unpaired) electrons. The van der Waals surface area contributed by atoms with E-state index in [0.717, 1.165) is 12.8 Å². The monoisotopic (exact) mass is 179 g/mol. The van der Waals surface area contributed by atoms with Gasteiger partial charge in [-0.2, -0.15) is 0 Å². The largest absolute Gasteiger partial charge is 0.480 e. The minimum Gasteiger partial charge on any atom is -0.480 e. The first-order valence-electron chi connectivity index (χ1n) is 3.52. The van der Waals surface area contributed by atoms with E-state index in [9.17, 15) is 4.79 Å². The van der Waals surface area contributed by atoms with Crippen molar-refractivity contribution in [3.05, 3.63) is 0 Å². The number of carbonyl (C=O) groups is 1. The van der Waals surface area contributed by atoms with E-state index in [2.05, 4.69) is 5.32 Å². The predicted octanol–water partition coefficient (Wildman–Crippen LogP) is 1.02. The number of halogens is 1. The SMILES string of the molecule is CC1(C)CCC(C(=O)O)N1.Cl. The summed E-state index contributed by atoms with van der Waals surface area (Å²) in [5.74, 6) is -0.731. The van der Waals surface area contributed by atoms with Gasteiger partial charge < -0.3 is 5.11 Å². The summed E-state index contributed by atoms with van der Waals surface area (Å²) in [7, 11) is 0. The molecule has 1 heterocycles. The molecule has 1 fully saturated rings. The van der Waals surface area contributed by atoms with Crippen LogP contribution in [0, 0.1) is 0 Å². The van der Waals surface area contributed by atoms with Crippen LogP contribution in [0.2, 0.25) is 0 Å². The first-order chi connectivity index (χ1) is 4.51. The highest BCUT2D eigenvalue weighted by Gasteiger charge is 2.33. The summed E-state index contributed by atoms with van der Waals surface area (Å²) in [5.41, 5.74) is 0.0169. The predicted molar refractivity (Wildman–Crippen MR) is 45.1 cm³/mol. The molecule has 0 aliphatic carbocycles. The molecule has 0 aromatic carbocycles. The molecule has 2 N–H and O–H groups in total. The van der Waals surface area contributed by atoms with E-state index in [1.807, 2.05) is 13.8 Å². The fourth-order valence-electron chi connectivity index (χ4n) is 1.31. The van der Waals surface area contributed by atoms with Crippen LogP contribution in [-0.2, 0) is 4.79 Å². The van der Waals surface area contributed by atoms with Crippen molar-refractivity contribution in [3.8, 4) is 0 Å². The number of rotatable bonds is 1. The maximum atomic E-state index is 10.4. The van der Waals surface area contributed by atoms with Gasteiger partial charge in [0.2, 0.25) is 0 Å². The topological polar surface area (TPSA) is 49.3 Å². The lowest BCUT2D eigenvalue weighted by Crippen LogP contribution is -2.41. The summed E-state index contributed by atoms with van der Waals surface area (Å²) in [6, 6.07) is -0.324. The Morgan fingerprint density at radius 2 is 2.18 bits per heavy atom. The zero-order valence-corrected chi connectivity index (χ0v) is 7.57. The molecular formula is C7H14ClNO2. The highest BCUT2D eigenvalue weighted by molar-refractivity contribution is 5.85. The van der Waals surface area contributed by atoms with Gasteiger partial charge in [-0.25, -0.2) is 0 Å². The molecule has 1 atom stereocenters. The quantitative estimate of drug-likeness (QED) is 0.632. The van der Waals surface area contributed by atoms with E-state index in [4.69, 9.17) is 5.11 Å². The Balaban J connectivity index is 0.000001000. The van der Waals surface area contributed by atoms with Gasteiger partial charge in [0.1, 0.15) is 6.04 Å². The number of nitrogens with one attached hydrogen (secondary N) is 1. The van der Waals surface area contributed by atoms with Crippen LogP contribution in [0.25, 0.3) is 0 Å². The van der Waals surface area contributed by atoms with Crippen LogP contribution in [0.15, 0.2) is 0 Å². The molecular weight excluding hydrogens is 166 g/mol. The number of carboxylic acid groups (broad SMARTS) is 1. The molecule has 1 saturated heterocycles. The molecule has 0 aromatic rings. The minimum absolute atomic E-state index is 0. The number of hydrogen-bond acceptors (Lipinski definition) is 2. The van der Waals surface area contributed by atoms with Crippen LogP contribution < -0.4 is 5.32 Å². The van der Waals surface area contributed by atoms with Crippen molar-refractivity contribution in [1.82, 2.24) is 5.32 Å². The van der Waals surface area contributed by atoms with Crippen molar-refractivity contribution in [2.24, 2.45) is 0 Å². The van der Waals surface area contributed by atoms with Crippen molar-refractivity contribution in [2.75, 3.05) is 0 Å². The van der Waals surface area contributed by atoms with Gasteiger partial charge in [-0.1, -0.05) is 0 Å². The maximum Gasteiger partial charge on any atom is 0.320 e. The summed E-state index contributed by atoms with van der Waals surface area (Å²) in [6.45, 7) is 4.05. The molecule has 11 heavy (non-hydrogen) atoms. The Labute approximate surface area is 72.6 Å². The smallest absolute Gasteiger partial charge is 0.320 e. The van der Waals surface area contributed by atoms with Crippen LogP contribution in [0.4, 0.5) is 0 Å². The highest BCUT2D eigenvalue weighted by atomic mass is 35.5. The van der Waals surface area contributed by atoms with Crippen molar-refractivity contribution in [1.29, 1.82) is 0 Å².